The fourth-order valence-corrected chi connectivity index (χ4v) is 2.73. The highest BCUT2D eigenvalue weighted by molar-refractivity contribution is 9.10. The molecule has 1 aromatic carbocycles. The van der Waals surface area contributed by atoms with Gasteiger partial charge in [0.15, 0.2) is 0 Å². The van der Waals surface area contributed by atoms with Gasteiger partial charge in [0, 0.05) is 21.3 Å². The van der Waals surface area contributed by atoms with Crippen molar-refractivity contribution in [3.05, 3.63) is 32.1 Å². The van der Waals surface area contributed by atoms with Gasteiger partial charge >= 0.3 is 0 Å². The molecule has 0 amide bonds. The van der Waals surface area contributed by atoms with E-state index in [0.29, 0.717) is 10.1 Å². The van der Waals surface area contributed by atoms with E-state index in [0.717, 1.165) is 10.5 Å². The normalized spacial score (nSPS) is 10.6. The number of nitro benzene ring substituents is 1. The van der Waals surface area contributed by atoms with Crippen molar-refractivity contribution >= 4 is 43.0 Å². The third-order valence-electron chi connectivity index (χ3n) is 1.80. The minimum absolute atomic E-state index is 0.0510. The average molecular weight is 274 g/mol. The van der Waals surface area contributed by atoms with Gasteiger partial charge in [0.1, 0.15) is 5.75 Å². The van der Waals surface area contributed by atoms with Crippen LogP contribution < -0.4 is 0 Å². The molecule has 0 aliphatic carbocycles. The highest BCUT2D eigenvalue weighted by atomic mass is 79.9. The molecular formula is C8H4BrNO3S. The van der Waals surface area contributed by atoms with Gasteiger partial charge in [-0.15, -0.1) is 11.3 Å². The van der Waals surface area contributed by atoms with E-state index in [-0.39, 0.29) is 11.4 Å². The van der Waals surface area contributed by atoms with Crippen molar-refractivity contribution in [2.24, 2.45) is 0 Å². The number of nitro groups is 1. The summed E-state index contributed by atoms with van der Waals surface area (Å²) in [7, 11) is 0. The molecule has 6 heteroatoms. The number of non-ortho nitro benzene ring substituents is 1. The highest BCUT2D eigenvalue weighted by Gasteiger charge is 2.13. The molecule has 0 unspecified atom stereocenters. The van der Waals surface area contributed by atoms with Crippen LogP contribution in [0.1, 0.15) is 0 Å². The molecule has 0 bridgehead atoms. The van der Waals surface area contributed by atoms with Crippen molar-refractivity contribution in [3.8, 4) is 5.75 Å². The van der Waals surface area contributed by atoms with E-state index in [4.69, 9.17) is 0 Å². The van der Waals surface area contributed by atoms with Crippen LogP contribution in [0.25, 0.3) is 10.1 Å². The number of rotatable bonds is 1. The van der Waals surface area contributed by atoms with Crippen molar-refractivity contribution in [2.45, 2.75) is 0 Å². The number of aromatic hydroxyl groups is 1. The van der Waals surface area contributed by atoms with Gasteiger partial charge in [0.25, 0.3) is 5.69 Å². The maximum absolute atomic E-state index is 10.5. The standard InChI is InChI=1S/C8H4BrNO3S/c9-6-3-14-8-5(6)1-4(10(12)13)2-7(8)11/h1-3,11H. The maximum Gasteiger partial charge on any atom is 0.273 e. The monoisotopic (exact) mass is 273 g/mol. The summed E-state index contributed by atoms with van der Waals surface area (Å²) in [6, 6.07) is 2.60. The summed E-state index contributed by atoms with van der Waals surface area (Å²) in [5.74, 6) is -0.0510. The Morgan fingerprint density at radius 1 is 1.50 bits per heavy atom. The van der Waals surface area contributed by atoms with Gasteiger partial charge in [-0.1, -0.05) is 0 Å². The lowest BCUT2D eigenvalue weighted by Gasteiger charge is -1.96. The molecule has 1 heterocycles. The Balaban J connectivity index is 2.82. The van der Waals surface area contributed by atoms with Crippen LogP contribution in [0.3, 0.4) is 0 Å². The molecule has 14 heavy (non-hydrogen) atoms. The molecule has 0 radical (unpaired) electrons. The first-order valence-corrected chi connectivity index (χ1v) is 5.31. The summed E-state index contributed by atoms with van der Waals surface area (Å²) in [5.41, 5.74) is -0.103. The Morgan fingerprint density at radius 3 is 2.86 bits per heavy atom. The molecule has 1 N–H and O–H groups in total. The number of phenols is 1. The second kappa shape index (κ2) is 3.21. The summed E-state index contributed by atoms with van der Waals surface area (Å²) < 4.78 is 1.42. The molecule has 72 valence electrons. The number of hydrogen-bond donors (Lipinski definition) is 1. The van der Waals surface area contributed by atoms with E-state index in [1.165, 1.54) is 17.4 Å². The Morgan fingerprint density at radius 2 is 2.21 bits per heavy atom. The zero-order valence-electron chi connectivity index (χ0n) is 6.73. The van der Waals surface area contributed by atoms with Crippen molar-refractivity contribution in [1.82, 2.24) is 0 Å². The van der Waals surface area contributed by atoms with Crippen LogP contribution in [0.4, 0.5) is 5.69 Å². The predicted octanol–water partition coefficient (Wildman–Crippen LogP) is 3.28. The van der Waals surface area contributed by atoms with Crippen molar-refractivity contribution in [1.29, 1.82) is 0 Å². The van der Waals surface area contributed by atoms with Crippen LogP contribution in [-0.4, -0.2) is 10.0 Å². The largest absolute Gasteiger partial charge is 0.506 e. The Bertz CT molecular complexity index is 523. The molecule has 0 saturated heterocycles. The van der Waals surface area contributed by atoms with Gasteiger partial charge in [-0.2, -0.15) is 0 Å². The number of hydrogen-bond acceptors (Lipinski definition) is 4. The lowest BCUT2D eigenvalue weighted by molar-refractivity contribution is -0.384. The van der Waals surface area contributed by atoms with Gasteiger partial charge in [0.05, 0.1) is 15.7 Å². The molecule has 0 spiro atoms. The number of halogens is 1. The third kappa shape index (κ3) is 1.36. The number of phenolic OH excluding ortho intramolecular Hbond substituents is 1. The van der Waals surface area contributed by atoms with E-state index in [1.54, 1.807) is 5.38 Å². The molecule has 4 nitrogen and oxygen atoms in total. The average Bonchev–Trinajstić information content (AvgIpc) is 2.48. The van der Waals surface area contributed by atoms with Crippen LogP contribution >= 0.6 is 27.3 Å². The number of thiophene rings is 1. The maximum atomic E-state index is 10.5. The van der Waals surface area contributed by atoms with E-state index in [2.05, 4.69) is 15.9 Å². The van der Waals surface area contributed by atoms with Crippen LogP contribution in [0, 0.1) is 10.1 Å². The van der Waals surface area contributed by atoms with Crippen LogP contribution in [-0.2, 0) is 0 Å². The zero-order valence-corrected chi connectivity index (χ0v) is 9.13. The van der Waals surface area contributed by atoms with Gasteiger partial charge in [-0.25, -0.2) is 0 Å². The molecule has 0 saturated carbocycles. The topological polar surface area (TPSA) is 63.4 Å². The first-order valence-electron chi connectivity index (χ1n) is 3.63. The second-order valence-electron chi connectivity index (χ2n) is 2.68. The van der Waals surface area contributed by atoms with Crippen molar-refractivity contribution < 1.29 is 10.0 Å². The Labute approximate surface area is 91.1 Å². The molecular weight excluding hydrogens is 270 g/mol. The molecule has 0 atom stereocenters. The lowest BCUT2D eigenvalue weighted by atomic mass is 10.2. The first kappa shape index (κ1) is 9.42. The summed E-state index contributed by atoms with van der Waals surface area (Å²) in [6.07, 6.45) is 0. The summed E-state index contributed by atoms with van der Waals surface area (Å²) in [6.45, 7) is 0. The number of fused-ring (bicyclic) bond motifs is 1. The van der Waals surface area contributed by atoms with E-state index in [9.17, 15) is 15.2 Å². The Hall–Kier alpha value is -1.14. The van der Waals surface area contributed by atoms with E-state index < -0.39 is 4.92 Å². The molecule has 0 aliphatic rings. The fourth-order valence-electron chi connectivity index (χ4n) is 1.18. The molecule has 2 aromatic rings. The summed E-state index contributed by atoms with van der Waals surface area (Å²) in [5, 5.41) is 22.5. The van der Waals surface area contributed by atoms with Crippen molar-refractivity contribution in [2.75, 3.05) is 0 Å². The quantitative estimate of drug-likeness (QED) is 0.641. The molecule has 0 fully saturated rings. The first-order chi connectivity index (χ1) is 6.59. The van der Waals surface area contributed by atoms with E-state index in [1.807, 2.05) is 0 Å². The smallest absolute Gasteiger partial charge is 0.273 e. The van der Waals surface area contributed by atoms with Gasteiger partial charge in [0.2, 0.25) is 0 Å². The molecule has 2 rings (SSSR count). The minimum atomic E-state index is -0.525. The number of nitrogens with zero attached hydrogens (tertiary/aromatic N) is 1. The van der Waals surface area contributed by atoms with Crippen LogP contribution in [0.5, 0.6) is 5.75 Å². The van der Waals surface area contributed by atoms with Gasteiger partial charge in [-0.3, -0.25) is 10.1 Å². The zero-order chi connectivity index (χ0) is 10.3. The van der Waals surface area contributed by atoms with Crippen molar-refractivity contribution in [3.63, 3.8) is 0 Å². The van der Waals surface area contributed by atoms with E-state index >= 15 is 0 Å². The SMILES string of the molecule is O=[N+]([O-])c1cc(O)c2scc(Br)c2c1. The molecule has 1 aromatic heterocycles. The molecule has 0 aliphatic heterocycles. The van der Waals surface area contributed by atoms with Crippen LogP contribution in [0.15, 0.2) is 22.0 Å². The summed E-state index contributed by atoms with van der Waals surface area (Å²) in [4.78, 5) is 9.99. The van der Waals surface area contributed by atoms with Crippen LogP contribution in [0.2, 0.25) is 0 Å². The summed E-state index contributed by atoms with van der Waals surface area (Å²) >= 11 is 4.60. The predicted molar refractivity (Wildman–Crippen MR) is 57.8 cm³/mol. The second-order valence-corrected chi connectivity index (χ2v) is 4.42. The minimum Gasteiger partial charge on any atom is -0.506 e. The Kier molecular flexibility index (Phi) is 2.16. The lowest BCUT2D eigenvalue weighted by Crippen LogP contribution is -1.86. The van der Waals surface area contributed by atoms with Gasteiger partial charge in [-0.05, 0) is 15.9 Å². The fraction of sp³-hybridized carbons (Fsp3) is 0. The van der Waals surface area contributed by atoms with Gasteiger partial charge < -0.3 is 5.11 Å². The third-order valence-corrected chi connectivity index (χ3v) is 3.78. The highest BCUT2D eigenvalue weighted by Crippen LogP contribution is 2.38. The number of benzene rings is 1.